The number of carbonyl (C=O) groups excluding carboxylic acids is 1. The van der Waals surface area contributed by atoms with Crippen molar-refractivity contribution in [3.05, 3.63) is 35.4 Å². The van der Waals surface area contributed by atoms with Crippen molar-refractivity contribution >= 4 is 5.78 Å². The van der Waals surface area contributed by atoms with Gasteiger partial charge in [-0.3, -0.25) is 4.79 Å². The van der Waals surface area contributed by atoms with Crippen LogP contribution in [0.3, 0.4) is 0 Å². The van der Waals surface area contributed by atoms with Crippen molar-refractivity contribution in [2.45, 2.75) is 26.2 Å². The maximum atomic E-state index is 11.1. The van der Waals surface area contributed by atoms with E-state index in [1.54, 1.807) is 0 Å². The van der Waals surface area contributed by atoms with Crippen molar-refractivity contribution in [3.63, 3.8) is 0 Å². The summed E-state index contributed by atoms with van der Waals surface area (Å²) >= 11 is 0. The SMILES string of the molecule is Cc1cccc(C2CC(=O)C2C)c1. The van der Waals surface area contributed by atoms with E-state index in [1.165, 1.54) is 11.1 Å². The molecule has 2 unspecified atom stereocenters. The quantitative estimate of drug-likeness (QED) is 0.639. The molecule has 0 saturated heterocycles. The molecule has 1 nitrogen and oxygen atoms in total. The lowest BCUT2D eigenvalue weighted by atomic mass is 9.70. The van der Waals surface area contributed by atoms with Crippen molar-refractivity contribution in [2.75, 3.05) is 0 Å². The molecule has 1 fully saturated rings. The van der Waals surface area contributed by atoms with E-state index in [1.807, 2.05) is 6.92 Å². The maximum Gasteiger partial charge on any atom is 0.136 e. The van der Waals surface area contributed by atoms with Gasteiger partial charge in [0.2, 0.25) is 0 Å². The molecule has 0 radical (unpaired) electrons. The molecule has 1 aliphatic carbocycles. The highest BCUT2D eigenvalue weighted by molar-refractivity contribution is 5.88. The van der Waals surface area contributed by atoms with Crippen LogP contribution in [0.5, 0.6) is 0 Å². The molecule has 1 saturated carbocycles. The molecule has 0 aliphatic heterocycles. The Morgan fingerprint density at radius 2 is 2.15 bits per heavy atom. The van der Waals surface area contributed by atoms with Gasteiger partial charge in [-0.15, -0.1) is 0 Å². The van der Waals surface area contributed by atoms with Crippen LogP contribution < -0.4 is 0 Å². The largest absolute Gasteiger partial charge is 0.299 e. The van der Waals surface area contributed by atoms with E-state index in [4.69, 9.17) is 0 Å². The number of hydrogen-bond donors (Lipinski definition) is 0. The topological polar surface area (TPSA) is 17.1 Å². The van der Waals surface area contributed by atoms with Crippen LogP contribution >= 0.6 is 0 Å². The lowest BCUT2D eigenvalue weighted by molar-refractivity contribution is -0.130. The molecular formula is C12H14O. The first-order chi connectivity index (χ1) is 6.18. The van der Waals surface area contributed by atoms with E-state index >= 15 is 0 Å². The highest BCUT2D eigenvalue weighted by atomic mass is 16.1. The van der Waals surface area contributed by atoms with Gasteiger partial charge in [0.25, 0.3) is 0 Å². The molecule has 2 atom stereocenters. The molecular weight excluding hydrogens is 160 g/mol. The summed E-state index contributed by atoms with van der Waals surface area (Å²) in [5, 5.41) is 0. The molecule has 0 heterocycles. The Bertz CT molecular complexity index is 341. The van der Waals surface area contributed by atoms with Gasteiger partial charge in [0.05, 0.1) is 0 Å². The fourth-order valence-corrected chi connectivity index (χ4v) is 1.95. The van der Waals surface area contributed by atoms with Gasteiger partial charge < -0.3 is 0 Å². The van der Waals surface area contributed by atoms with E-state index in [0.717, 1.165) is 6.42 Å². The molecule has 2 rings (SSSR count). The number of ketones is 1. The van der Waals surface area contributed by atoms with E-state index in [2.05, 4.69) is 31.2 Å². The highest BCUT2D eigenvalue weighted by Gasteiger charge is 2.36. The van der Waals surface area contributed by atoms with E-state index in [9.17, 15) is 4.79 Å². The minimum Gasteiger partial charge on any atom is -0.299 e. The van der Waals surface area contributed by atoms with Gasteiger partial charge in [-0.05, 0) is 12.5 Å². The Balaban J connectivity index is 2.23. The number of benzene rings is 1. The predicted octanol–water partition coefficient (Wildman–Crippen LogP) is 2.69. The van der Waals surface area contributed by atoms with Crippen LogP contribution in [0.1, 0.15) is 30.4 Å². The van der Waals surface area contributed by atoms with Crippen molar-refractivity contribution in [1.29, 1.82) is 0 Å². The van der Waals surface area contributed by atoms with Crippen LogP contribution in [0.4, 0.5) is 0 Å². The second kappa shape index (κ2) is 2.99. The lowest BCUT2D eigenvalue weighted by Gasteiger charge is -2.32. The first kappa shape index (κ1) is 8.49. The maximum absolute atomic E-state index is 11.1. The number of hydrogen-bond acceptors (Lipinski definition) is 1. The first-order valence-corrected chi connectivity index (χ1v) is 4.78. The molecule has 1 aromatic carbocycles. The van der Waals surface area contributed by atoms with Crippen LogP contribution in [0, 0.1) is 12.8 Å². The first-order valence-electron chi connectivity index (χ1n) is 4.78. The molecule has 0 bridgehead atoms. The van der Waals surface area contributed by atoms with Gasteiger partial charge in [-0.2, -0.15) is 0 Å². The van der Waals surface area contributed by atoms with Gasteiger partial charge in [0, 0.05) is 18.3 Å². The number of Topliss-reactive ketones (excluding diaryl/α,β-unsaturated/α-hetero) is 1. The summed E-state index contributed by atoms with van der Waals surface area (Å²) in [5.41, 5.74) is 2.61. The zero-order valence-electron chi connectivity index (χ0n) is 8.08. The second-order valence-corrected chi connectivity index (χ2v) is 3.98. The number of carbonyl (C=O) groups is 1. The van der Waals surface area contributed by atoms with Gasteiger partial charge in [-0.1, -0.05) is 36.8 Å². The van der Waals surface area contributed by atoms with Crippen LogP contribution in [0.25, 0.3) is 0 Å². The molecule has 0 amide bonds. The average molecular weight is 174 g/mol. The summed E-state index contributed by atoms with van der Waals surface area (Å²) < 4.78 is 0. The Hall–Kier alpha value is -1.11. The molecule has 0 spiro atoms. The van der Waals surface area contributed by atoms with Gasteiger partial charge in [0.15, 0.2) is 0 Å². The summed E-state index contributed by atoms with van der Waals surface area (Å²) in [5.74, 6) is 1.13. The van der Waals surface area contributed by atoms with Crippen molar-refractivity contribution in [3.8, 4) is 0 Å². The van der Waals surface area contributed by atoms with E-state index in [-0.39, 0.29) is 5.92 Å². The molecule has 68 valence electrons. The molecule has 1 heteroatoms. The Morgan fingerprint density at radius 1 is 1.38 bits per heavy atom. The Labute approximate surface area is 78.8 Å². The molecule has 1 aromatic rings. The molecule has 0 N–H and O–H groups in total. The number of aryl methyl sites for hydroxylation is 1. The molecule has 1 aliphatic rings. The zero-order chi connectivity index (χ0) is 9.42. The van der Waals surface area contributed by atoms with Gasteiger partial charge in [0.1, 0.15) is 5.78 Å². The third kappa shape index (κ3) is 1.39. The van der Waals surface area contributed by atoms with Crippen molar-refractivity contribution < 1.29 is 4.79 Å². The van der Waals surface area contributed by atoms with Crippen molar-refractivity contribution in [2.24, 2.45) is 5.92 Å². The number of rotatable bonds is 1. The van der Waals surface area contributed by atoms with Crippen molar-refractivity contribution in [1.82, 2.24) is 0 Å². The fourth-order valence-electron chi connectivity index (χ4n) is 1.95. The van der Waals surface area contributed by atoms with Crippen LogP contribution in [-0.4, -0.2) is 5.78 Å². The second-order valence-electron chi connectivity index (χ2n) is 3.98. The van der Waals surface area contributed by atoms with E-state index in [0.29, 0.717) is 11.7 Å². The molecule has 0 aromatic heterocycles. The van der Waals surface area contributed by atoms with Crippen LogP contribution in [0.2, 0.25) is 0 Å². The van der Waals surface area contributed by atoms with Gasteiger partial charge in [-0.25, -0.2) is 0 Å². The summed E-state index contributed by atoms with van der Waals surface area (Å²) in [6.45, 7) is 4.12. The van der Waals surface area contributed by atoms with Gasteiger partial charge >= 0.3 is 0 Å². The lowest BCUT2D eigenvalue weighted by Crippen LogP contribution is -2.32. The summed E-state index contributed by atoms with van der Waals surface area (Å²) in [6.07, 6.45) is 0.741. The summed E-state index contributed by atoms with van der Waals surface area (Å²) in [4.78, 5) is 11.1. The third-order valence-electron chi connectivity index (χ3n) is 3.00. The summed E-state index contributed by atoms with van der Waals surface area (Å²) in [6, 6.07) is 8.48. The highest BCUT2D eigenvalue weighted by Crippen LogP contribution is 2.39. The Morgan fingerprint density at radius 3 is 2.69 bits per heavy atom. The third-order valence-corrected chi connectivity index (χ3v) is 3.00. The predicted molar refractivity (Wildman–Crippen MR) is 52.7 cm³/mol. The van der Waals surface area contributed by atoms with E-state index < -0.39 is 0 Å². The zero-order valence-corrected chi connectivity index (χ0v) is 8.08. The summed E-state index contributed by atoms with van der Waals surface area (Å²) in [7, 11) is 0. The van der Waals surface area contributed by atoms with Crippen LogP contribution in [-0.2, 0) is 4.79 Å². The fraction of sp³-hybridized carbons (Fsp3) is 0.417. The Kier molecular flexibility index (Phi) is 1.95. The smallest absolute Gasteiger partial charge is 0.136 e. The van der Waals surface area contributed by atoms with Crippen LogP contribution in [0.15, 0.2) is 24.3 Å². The average Bonchev–Trinajstić information content (AvgIpc) is 2.13. The normalized spacial score (nSPS) is 27.1. The molecule has 13 heavy (non-hydrogen) atoms. The monoisotopic (exact) mass is 174 g/mol. The standard InChI is InChI=1S/C12H14O/c1-8-4-3-5-10(6-8)11-7-12(13)9(11)2/h3-6,9,11H,7H2,1-2H3. The minimum absolute atomic E-state index is 0.238. The minimum atomic E-state index is 0.238.